The maximum Gasteiger partial charge on any atom is 0.115 e. The van der Waals surface area contributed by atoms with Crippen molar-refractivity contribution in [2.45, 2.75) is 5.92 Å². The van der Waals surface area contributed by atoms with Gasteiger partial charge in [-0.05, 0) is 24.3 Å². The first-order valence-electron chi connectivity index (χ1n) is 5.39. The summed E-state index contributed by atoms with van der Waals surface area (Å²) in [7, 11) is 0. The zero-order valence-corrected chi connectivity index (χ0v) is 9.06. The number of rotatable bonds is 2. The van der Waals surface area contributed by atoms with E-state index in [1.807, 2.05) is 18.3 Å². The third-order valence-electron chi connectivity index (χ3n) is 2.71. The molecular weight excluding hydrogens is 214 g/mol. The molecule has 1 aromatic carbocycles. The molecule has 2 aromatic rings. The van der Waals surface area contributed by atoms with E-state index in [1.165, 1.54) is 0 Å². The van der Waals surface area contributed by atoms with Gasteiger partial charge in [0.1, 0.15) is 5.75 Å². The van der Waals surface area contributed by atoms with E-state index in [0.717, 1.165) is 11.4 Å². The Morgan fingerprint density at radius 2 is 1.76 bits per heavy atom. The van der Waals surface area contributed by atoms with Crippen LogP contribution in [0.1, 0.15) is 11.6 Å². The van der Waals surface area contributed by atoms with E-state index in [1.54, 1.807) is 28.9 Å². The fraction of sp³-hybridized carbons (Fsp3) is 0.0769. The van der Waals surface area contributed by atoms with Gasteiger partial charge in [0.15, 0.2) is 0 Å². The Morgan fingerprint density at radius 1 is 1.06 bits per heavy atom. The Kier molecular flexibility index (Phi) is 2.26. The van der Waals surface area contributed by atoms with Gasteiger partial charge in [-0.3, -0.25) is 0 Å². The smallest absolute Gasteiger partial charge is 0.115 e. The van der Waals surface area contributed by atoms with E-state index < -0.39 is 0 Å². The average Bonchev–Trinajstić information content (AvgIpc) is 3.00. The summed E-state index contributed by atoms with van der Waals surface area (Å²) in [5, 5.41) is 17.4. The van der Waals surface area contributed by atoms with E-state index in [0.29, 0.717) is 0 Å². The molecule has 1 aromatic heterocycles. The quantitative estimate of drug-likeness (QED) is 0.852. The van der Waals surface area contributed by atoms with Gasteiger partial charge in [-0.25, -0.2) is 4.68 Å². The molecule has 0 saturated heterocycles. The summed E-state index contributed by atoms with van der Waals surface area (Å²) in [6.45, 7) is 0. The molecule has 84 valence electrons. The molecule has 0 aliphatic heterocycles. The number of nitrogens with zero attached hydrogens (tertiary/aromatic N) is 3. The minimum absolute atomic E-state index is 0.223. The highest BCUT2D eigenvalue weighted by Crippen LogP contribution is 2.21. The molecule has 1 aliphatic carbocycles. The fourth-order valence-electron chi connectivity index (χ4n) is 1.79. The number of hydrogen-bond acceptors (Lipinski definition) is 3. The second-order valence-corrected chi connectivity index (χ2v) is 3.90. The third kappa shape index (κ3) is 1.85. The highest BCUT2D eigenvalue weighted by molar-refractivity contribution is 5.37. The van der Waals surface area contributed by atoms with Gasteiger partial charge in [-0.1, -0.05) is 29.5 Å². The third-order valence-corrected chi connectivity index (χ3v) is 2.71. The first kappa shape index (κ1) is 9.84. The molecule has 17 heavy (non-hydrogen) atoms. The van der Waals surface area contributed by atoms with E-state index >= 15 is 0 Å². The second-order valence-electron chi connectivity index (χ2n) is 3.90. The van der Waals surface area contributed by atoms with Crippen LogP contribution in [0, 0.1) is 0 Å². The average molecular weight is 225 g/mol. The van der Waals surface area contributed by atoms with Gasteiger partial charge in [0.2, 0.25) is 0 Å². The van der Waals surface area contributed by atoms with Crippen molar-refractivity contribution in [3.8, 4) is 11.4 Å². The van der Waals surface area contributed by atoms with Crippen molar-refractivity contribution in [1.29, 1.82) is 0 Å². The molecule has 0 amide bonds. The van der Waals surface area contributed by atoms with Gasteiger partial charge < -0.3 is 5.11 Å². The molecule has 1 N–H and O–H groups in total. The zero-order valence-electron chi connectivity index (χ0n) is 9.06. The molecule has 0 radical (unpaired) electrons. The molecule has 0 fully saturated rings. The van der Waals surface area contributed by atoms with Gasteiger partial charge >= 0.3 is 0 Å². The summed E-state index contributed by atoms with van der Waals surface area (Å²) < 4.78 is 1.70. The summed E-state index contributed by atoms with van der Waals surface area (Å²) in [6.07, 6.45) is 10.1. The number of hydrogen-bond donors (Lipinski definition) is 1. The second kappa shape index (κ2) is 3.90. The van der Waals surface area contributed by atoms with Gasteiger partial charge in [-0.2, -0.15) is 0 Å². The Labute approximate surface area is 98.5 Å². The lowest BCUT2D eigenvalue weighted by molar-refractivity contribution is 0.475. The van der Waals surface area contributed by atoms with Crippen molar-refractivity contribution in [2.75, 3.05) is 0 Å². The van der Waals surface area contributed by atoms with Crippen LogP contribution in [0.15, 0.2) is 54.8 Å². The Balaban J connectivity index is 1.92. The van der Waals surface area contributed by atoms with Gasteiger partial charge in [0, 0.05) is 5.92 Å². The van der Waals surface area contributed by atoms with Crippen LogP contribution in [-0.4, -0.2) is 20.1 Å². The fourth-order valence-corrected chi connectivity index (χ4v) is 1.79. The van der Waals surface area contributed by atoms with E-state index in [2.05, 4.69) is 22.5 Å². The van der Waals surface area contributed by atoms with Crippen molar-refractivity contribution in [1.82, 2.24) is 15.0 Å². The molecule has 0 saturated carbocycles. The molecule has 1 aliphatic rings. The molecule has 0 bridgehead atoms. The predicted molar refractivity (Wildman–Crippen MR) is 64.0 cm³/mol. The monoisotopic (exact) mass is 225 g/mol. The number of aromatic nitrogens is 3. The lowest BCUT2D eigenvalue weighted by Gasteiger charge is -2.00. The Hall–Kier alpha value is -2.36. The van der Waals surface area contributed by atoms with E-state index in [9.17, 15) is 5.11 Å². The number of aromatic hydroxyl groups is 1. The molecule has 3 rings (SSSR count). The Bertz CT molecular complexity index is 569. The van der Waals surface area contributed by atoms with Crippen LogP contribution in [0.25, 0.3) is 5.69 Å². The summed E-state index contributed by atoms with van der Waals surface area (Å²) >= 11 is 0. The summed E-state index contributed by atoms with van der Waals surface area (Å²) in [4.78, 5) is 0. The topological polar surface area (TPSA) is 50.9 Å². The maximum atomic E-state index is 9.22. The van der Waals surface area contributed by atoms with Crippen LogP contribution in [0.4, 0.5) is 0 Å². The van der Waals surface area contributed by atoms with Crippen LogP contribution < -0.4 is 0 Å². The summed E-state index contributed by atoms with van der Waals surface area (Å²) in [5.41, 5.74) is 1.80. The van der Waals surface area contributed by atoms with Crippen molar-refractivity contribution in [3.63, 3.8) is 0 Å². The molecule has 4 nitrogen and oxygen atoms in total. The molecular formula is C13H11N3O. The van der Waals surface area contributed by atoms with Crippen LogP contribution in [0.2, 0.25) is 0 Å². The molecule has 0 spiro atoms. The van der Waals surface area contributed by atoms with Gasteiger partial charge in [0.05, 0.1) is 17.6 Å². The number of phenols is 1. The lowest BCUT2D eigenvalue weighted by Crippen LogP contribution is -1.93. The number of allylic oxidation sites excluding steroid dienone is 4. The van der Waals surface area contributed by atoms with Crippen molar-refractivity contribution in [2.24, 2.45) is 0 Å². The summed E-state index contributed by atoms with van der Waals surface area (Å²) in [6, 6.07) is 6.86. The normalized spacial score (nSPS) is 14.6. The molecule has 0 unspecified atom stereocenters. The van der Waals surface area contributed by atoms with E-state index in [4.69, 9.17) is 0 Å². The van der Waals surface area contributed by atoms with Gasteiger partial charge in [0.25, 0.3) is 0 Å². The highest BCUT2D eigenvalue weighted by atomic mass is 16.3. The highest BCUT2D eigenvalue weighted by Gasteiger charge is 2.11. The minimum Gasteiger partial charge on any atom is -0.508 e. The van der Waals surface area contributed by atoms with Crippen LogP contribution in [-0.2, 0) is 0 Å². The largest absolute Gasteiger partial charge is 0.508 e. The van der Waals surface area contributed by atoms with Crippen molar-refractivity contribution >= 4 is 0 Å². The Morgan fingerprint density at radius 3 is 2.47 bits per heavy atom. The van der Waals surface area contributed by atoms with Crippen LogP contribution in [0.3, 0.4) is 0 Å². The number of benzene rings is 1. The zero-order chi connectivity index (χ0) is 11.7. The van der Waals surface area contributed by atoms with Gasteiger partial charge in [-0.15, -0.1) is 5.10 Å². The standard InChI is InChI=1S/C13H11N3O/c17-12-7-5-11(6-8-12)16-9-13(14-15-16)10-3-1-2-4-10/h1-10,17H. The summed E-state index contributed by atoms with van der Waals surface area (Å²) in [5.74, 6) is 0.469. The lowest BCUT2D eigenvalue weighted by atomic mass is 10.1. The van der Waals surface area contributed by atoms with Crippen molar-refractivity contribution in [3.05, 3.63) is 60.5 Å². The first-order valence-corrected chi connectivity index (χ1v) is 5.39. The first-order chi connectivity index (χ1) is 8.33. The van der Waals surface area contributed by atoms with Crippen LogP contribution >= 0.6 is 0 Å². The van der Waals surface area contributed by atoms with E-state index in [-0.39, 0.29) is 11.7 Å². The number of phenolic OH excluding ortho intramolecular Hbond substituents is 1. The molecule has 4 heteroatoms. The van der Waals surface area contributed by atoms with Crippen LogP contribution in [0.5, 0.6) is 5.75 Å². The minimum atomic E-state index is 0.223. The molecule has 0 atom stereocenters. The SMILES string of the molecule is Oc1ccc(-n2cc(C3C=CC=C3)nn2)cc1. The predicted octanol–water partition coefficient (Wildman–Crippen LogP) is 2.18. The molecule has 1 heterocycles. The van der Waals surface area contributed by atoms with Crippen molar-refractivity contribution < 1.29 is 5.11 Å². The maximum absolute atomic E-state index is 9.22.